The Morgan fingerprint density at radius 1 is 0.938 bits per heavy atom. The summed E-state index contributed by atoms with van der Waals surface area (Å²) >= 11 is 0. The first kappa shape index (κ1) is 12.1. The lowest BCUT2D eigenvalue weighted by Crippen LogP contribution is -2.46. The van der Waals surface area contributed by atoms with Gasteiger partial charge in [-0.2, -0.15) is 0 Å². The molecule has 0 unspecified atom stereocenters. The summed E-state index contributed by atoms with van der Waals surface area (Å²) in [7, 11) is 2.24. The highest BCUT2D eigenvalue weighted by Gasteiger charge is 2.26. The minimum atomic E-state index is 0.854. The van der Waals surface area contributed by atoms with Crippen LogP contribution in [0.25, 0.3) is 0 Å². The molecule has 92 valence electrons. The maximum atomic E-state index is 2.74. The number of hydrogen-bond donors (Lipinski definition) is 0. The third kappa shape index (κ3) is 3.08. The monoisotopic (exact) mass is 222 g/mol. The molecule has 0 aromatic carbocycles. The first-order valence-corrected chi connectivity index (χ1v) is 6.85. The van der Waals surface area contributed by atoms with Crippen molar-refractivity contribution in [3.63, 3.8) is 0 Å². The van der Waals surface area contributed by atoms with Crippen molar-refractivity contribution >= 4 is 0 Å². The SMILES string of the molecule is C/C=C/C1CCN(C2CCN(C)CC2)CC1. The molecule has 2 rings (SSSR count). The normalized spacial score (nSPS) is 27.9. The Morgan fingerprint density at radius 3 is 2.12 bits per heavy atom. The van der Waals surface area contributed by atoms with Crippen LogP contribution in [-0.2, 0) is 0 Å². The molecule has 16 heavy (non-hydrogen) atoms. The minimum Gasteiger partial charge on any atom is -0.306 e. The van der Waals surface area contributed by atoms with Crippen LogP contribution in [0.5, 0.6) is 0 Å². The summed E-state index contributed by atoms with van der Waals surface area (Å²) in [6.45, 7) is 7.37. The average molecular weight is 222 g/mol. The van der Waals surface area contributed by atoms with Crippen molar-refractivity contribution in [2.75, 3.05) is 33.2 Å². The fourth-order valence-corrected chi connectivity index (χ4v) is 3.11. The highest BCUT2D eigenvalue weighted by molar-refractivity contribution is 4.91. The molecule has 0 aliphatic carbocycles. The van der Waals surface area contributed by atoms with E-state index in [2.05, 4.69) is 35.9 Å². The summed E-state index contributed by atoms with van der Waals surface area (Å²) in [5.41, 5.74) is 0. The molecule has 0 bridgehead atoms. The van der Waals surface area contributed by atoms with Gasteiger partial charge in [-0.15, -0.1) is 0 Å². The van der Waals surface area contributed by atoms with Gasteiger partial charge >= 0.3 is 0 Å². The lowest BCUT2D eigenvalue weighted by atomic mass is 9.93. The van der Waals surface area contributed by atoms with Gasteiger partial charge in [0.25, 0.3) is 0 Å². The van der Waals surface area contributed by atoms with Crippen LogP contribution < -0.4 is 0 Å². The van der Waals surface area contributed by atoms with Crippen LogP contribution in [0.3, 0.4) is 0 Å². The summed E-state index contributed by atoms with van der Waals surface area (Å²) in [5, 5.41) is 0. The number of piperidine rings is 2. The summed E-state index contributed by atoms with van der Waals surface area (Å²) in [4.78, 5) is 5.20. The average Bonchev–Trinajstić information content (AvgIpc) is 2.32. The van der Waals surface area contributed by atoms with Gasteiger partial charge in [-0.25, -0.2) is 0 Å². The highest BCUT2D eigenvalue weighted by atomic mass is 15.2. The summed E-state index contributed by atoms with van der Waals surface area (Å²) in [5.74, 6) is 0.854. The van der Waals surface area contributed by atoms with Crippen LogP contribution in [0.4, 0.5) is 0 Å². The van der Waals surface area contributed by atoms with Crippen LogP contribution in [0.2, 0.25) is 0 Å². The fraction of sp³-hybridized carbons (Fsp3) is 0.857. The molecule has 2 heteroatoms. The van der Waals surface area contributed by atoms with E-state index in [-0.39, 0.29) is 0 Å². The Labute approximate surface area is 100 Å². The van der Waals surface area contributed by atoms with Crippen molar-refractivity contribution in [1.82, 2.24) is 9.80 Å². The number of likely N-dealkylation sites (tertiary alicyclic amines) is 2. The number of hydrogen-bond acceptors (Lipinski definition) is 2. The molecule has 0 amide bonds. The maximum absolute atomic E-state index is 2.74. The second-order valence-corrected chi connectivity index (χ2v) is 5.43. The van der Waals surface area contributed by atoms with Gasteiger partial charge in [0.1, 0.15) is 0 Å². The van der Waals surface area contributed by atoms with Gasteiger partial charge in [0.05, 0.1) is 0 Å². The molecule has 2 fully saturated rings. The lowest BCUT2D eigenvalue weighted by molar-refractivity contribution is 0.0928. The predicted molar refractivity (Wildman–Crippen MR) is 69.6 cm³/mol. The van der Waals surface area contributed by atoms with E-state index >= 15 is 0 Å². The van der Waals surface area contributed by atoms with Gasteiger partial charge in [-0.05, 0) is 71.8 Å². The molecule has 0 spiro atoms. The number of nitrogens with zero attached hydrogens (tertiary/aromatic N) is 2. The van der Waals surface area contributed by atoms with Crippen molar-refractivity contribution in [2.24, 2.45) is 5.92 Å². The highest BCUT2D eigenvalue weighted by Crippen LogP contribution is 2.24. The van der Waals surface area contributed by atoms with Crippen molar-refractivity contribution in [3.05, 3.63) is 12.2 Å². The molecular formula is C14H26N2. The molecule has 2 aliphatic rings. The summed E-state index contributed by atoms with van der Waals surface area (Å²) < 4.78 is 0. The Balaban J connectivity index is 1.76. The molecule has 0 aromatic heterocycles. The third-order valence-electron chi connectivity index (χ3n) is 4.24. The predicted octanol–water partition coefficient (Wildman–Crippen LogP) is 2.37. The Morgan fingerprint density at radius 2 is 1.56 bits per heavy atom. The van der Waals surface area contributed by atoms with Gasteiger partial charge in [-0.3, -0.25) is 0 Å². The van der Waals surface area contributed by atoms with Crippen molar-refractivity contribution in [2.45, 2.75) is 38.6 Å². The van der Waals surface area contributed by atoms with E-state index in [1.54, 1.807) is 0 Å². The first-order valence-electron chi connectivity index (χ1n) is 6.85. The molecule has 0 radical (unpaired) electrons. The van der Waals surface area contributed by atoms with E-state index in [4.69, 9.17) is 0 Å². The number of allylic oxidation sites excluding steroid dienone is 2. The van der Waals surface area contributed by atoms with Crippen LogP contribution >= 0.6 is 0 Å². The topological polar surface area (TPSA) is 6.48 Å². The smallest absolute Gasteiger partial charge is 0.0120 e. The minimum absolute atomic E-state index is 0.854. The Hall–Kier alpha value is -0.340. The third-order valence-corrected chi connectivity index (χ3v) is 4.24. The molecule has 0 aromatic rings. The molecule has 2 heterocycles. The molecule has 0 N–H and O–H groups in total. The van der Waals surface area contributed by atoms with Crippen LogP contribution in [0.15, 0.2) is 12.2 Å². The molecule has 2 nitrogen and oxygen atoms in total. The van der Waals surface area contributed by atoms with E-state index in [0.29, 0.717) is 0 Å². The van der Waals surface area contributed by atoms with E-state index in [9.17, 15) is 0 Å². The molecule has 2 aliphatic heterocycles. The summed E-state index contributed by atoms with van der Waals surface area (Å²) in [6.07, 6.45) is 10.1. The molecule has 2 saturated heterocycles. The fourth-order valence-electron chi connectivity index (χ4n) is 3.11. The van der Waals surface area contributed by atoms with Gasteiger partial charge < -0.3 is 9.80 Å². The van der Waals surface area contributed by atoms with Gasteiger partial charge in [-0.1, -0.05) is 12.2 Å². The zero-order valence-electron chi connectivity index (χ0n) is 10.9. The van der Waals surface area contributed by atoms with E-state index in [1.807, 2.05) is 0 Å². The van der Waals surface area contributed by atoms with Gasteiger partial charge in [0.2, 0.25) is 0 Å². The van der Waals surface area contributed by atoms with Crippen molar-refractivity contribution in [1.29, 1.82) is 0 Å². The first-order chi connectivity index (χ1) is 7.79. The van der Waals surface area contributed by atoms with Crippen molar-refractivity contribution < 1.29 is 0 Å². The van der Waals surface area contributed by atoms with E-state index in [0.717, 1.165) is 12.0 Å². The van der Waals surface area contributed by atoms with Gasteiger partial charge in [0, 0.05) is 6.04 Å². The van der Waals surface area contributed by atoms with E-state index in [1.165, 1.54) is 51.9 Å². The lowest BCUT2D eigenvalue weighted by Gasteiger charge is -2.40. The maximum Gasteiger partial charge on any atom is 0.0120 e. The largest absolute Gasteiger partial charge is 0.306 e. The Kier molecular flexibility index (Phi) is 4.42. The van der Waals surface area contributed by atoms with Crippen LogP contribution in [-0.4, -0.2) is 49.1 Å². The zero-order chi connectivity index (χ0) is 11.4. The molecule has 0 atom stereocenters. The zero-order valence-corrected chi connectivity index (χ0v) is 10.9. The Bertz CT molecular complexity index is 221. The van der Waals surface area contributed by atoms with E-state index < -0.39 is 0 Å². The number of rotatable bonds is 2. The van der Waals surface area contributed by atoms with Crippen LogP contribution in [0, 0.1) is 5.92 Å². The van der Waals surface area contributed by atoms with Crippen LogP contribution in [0.1, 0.15) is 32.6 Å². The molecule has 0 saturated carbocycles. The van der Waals surface area contributed by atoms with Crippen molar-refractivity contribution in [3.8, 4) is 0 Å². The van der Waals surface area contributed by atoms with Gasteiger partial charge in [0.15, 0.2) is 0 Å². The molecular weight excluding hydrogens is 196 g/mol. The second-order valence-electron chi connectivity index (χ2n) is 5.43. The second kappa shape index (κ2) is 5.83. The summed E-state index contributed by atoms with van der Waals surface area (Å²) in [6, 6.07) is 0.878. The quantitative estimate of drug-likeness (QED) is 0.662. The standard InChI is InChI=1S/C14H26N2/c1-3-4-13-5-11-16(12-6-13)14-7-9-15(2)10-8-14/h3-4,13-14H,5-12H2,1-2H3/b4-3+.